The molecule has 0 aliphatic carbocycles. The van der Waals surface area contributed by atoms with E-state index in [-0.39, 0.29) is 17.0 Å². The van der Waals surface area contributed by atoms with E-state index in [1.807, 2.05) is 0 Å². The molecule has 0 atom stereocenters. The van der Waals surface area contributed by atoms with Crippen molar-refractivity contribution in [1.82, 2.24) is 0 Å². The monoisotopic (exact) mass is 565 g/mol. The number of nitrogens with zero attached hydrogens (tertiary/aromatic N) is 1. The second-order valence-electron chi connectivity index (χ2n) is 7.15. The van der Waals surface area contributed by atoms with Crippen molar-refractivity contribution in [2.24, 2.45) is 0 Å². The Labute approximate surface area is 211 Å². The molecular weight excluding hydrogens is 541 g/mol. The number of hydrogen-bond donors (Lipinski definition) is 0. The zero-order valence-corrected chi connectivity index (χ0v) is 22.1. The maximum atomic E-state index is 7.32. The van der Waals surface area contributed by atoms with Crippen LogP contribution in [0.4, 0.5) is 0 Å². The third kappa shape index (κ3) is 6.17. The molecule has 4 aromatic carbocycles. The smallest absolute Gasteiger partial charge is 0.116 e. The van der Waals surface area contributed by atoms with Crippen molar-refractivity contribution < 1.29 is 17.0 Å². The molecule has 32 heavy (non-hydrogen) atoms. The van der Waals surface area contributed by atoms with E-state index in [0.29, 0.717) is 0 Å². The van der Waals surface area contributed by atoms with Crippen LogP contribution in [-0.4, -0.2) is 0 Å². The fourth-order valence-corrected chi connectivity index (χ4v) is 8.39. The SMILES string of the molecule is BrCc1ccc(C[P+](c2ccccc2)(c2ccccc2)c2ccccc2)cc1.CC#N.[Br-]. The van der Waals surface area contributed by atoms with Crippen LogP contribution in [0.1, 0.15) is 18.1 Å². The summed E-state index contributed by atoms with van der Waals surface area (Å²) in [5.41, 5.74) is 2.70. The third-order valence-corrected chi connectivity index (χ3v) is 10.2. The van der Waals surface area contributed by atoms with Gasteiger partial charge < -0.3 is 17.0 Å². The van der Waals surface area contributed by atoms with Gasteiger partial charge in [0.2, 0.25) is 0 Å². The highest BCUT2D eigenvalue weighted by molar-refractivity contribution is 9.08. The van der Waals surface area contributed by atoms with Gasteiger partial charge in [-0.05, 0) is 47.5 Å². The predicted molar refractivity (Wildman–Crippen MR) is 139 cm³/mol. The van der Waals surface area contributed by atoms with E-state index in [2.05, 4.69) is 131 Å². The number of hydrogen-bond acceptors (Lipinski definition) is 1. The Balaban J connectivity index is 0.000000860. The quantitative estimate of drug-likeness (QED) is 0.258. The van der Waals surface area contributed by atoms with Crippen LogP contribution in [0, 0.1) is 11.3 Å². The molecule has 4 heteroatoms. The first-order valence-corrected chi connectivity index (χ1v) is 13.3. The van der Waals surface area contributed by atoms with Crippen LogP contribution < -0.4 is 32.9 Å². The number of rotatable bonds is 6. The Morgan fingerprint density at radius 3 is 1.25 bits per heavy atom. The molecule has 4 rings (SSSR count). The molecule has 162 valence electrons. The van der Waals surface area contributed by atoms with Crippen LogP contribution >= 0.6 is 23.2 Å². The lowest BCUT2D eigenvalue weighted by atomic mass is 10.2. The highest BCUT2D eigenvalue weighted by Gasteiger charge is 2.45. The summed E-state index contributed by atoms with van der Waals surface area (Å²) in [7, 11) is -1.81. The molecule has 0 fully saturated rings. The molecular formula is C28H26Br2NP. The van der Waals surface area contributed by atoms with E-state index >= 15 is 0 Å². The topological polar surface area (TPSA) is 23.8 Å². The normalized spacial score (nSPS) is 10.2. The van der Waals surface area contributed by atoms with E-state index < -0.39 is 7.26 Å². The highest BCUT2D eigenvalue weighted by Crippen LogP contribution is 2.58. The molecule has 4 aromatic rings. The lowest BCUT2D eigenvalue weighted by Gasteiger charge is -2.28. The average Bonchev–Trinajstić information content (AvgIpc) is 2.85. The average molecular weight is 567 g/mol. The predicted octanol–water partition coefficient (Wildman–Crippen LogP) is 3.61. The first-order chi connectivity index (χ1) is 15.2. The van der Waals surface area contributed by atoms with Gasteiger partial charge >= 0.3 is 0 Å². The maximum absolute atomic E-state index is 7.32. The van der Waals surface area contributed by atoms with Crippen molar-refractivity contribution in [2.45, 2.75) is 18.4 Å². The van der Waals surface area contributed by atoms with Gasteiger partial charge in [-0.2, -0.15) is 5.26 Å². The van der Waals surface area contributed by atoms with Gasteiger partial charge in [0.15, 0.2) is 0 Å². The molecule has 0 saturated carbocycles. The zero-order valence-electron chi connectivity index (χ0n) is 18.0. The lowest BCUT2D eigenvalue weighted by molar-refractivity contribution is -0.00000635. The highest BCUT2D eigenvalue weighted by atomic mass is 79.9. The summed E-state index contributed by atoms with van der Waals surface area (Å²) < 4.78 is 0. The van der Waals surface area contributed by atoms with E-state index in [1.54, 1.807) is 6.07 Å². The first-order valence-electron chi connectivity index (χ1n) is 10.2. The Bertz CT molecular complexity index is 996. The summed E-state index contributed by atoms with van der Waals surface area (Å²) in [6.45, 7) is 1.43. The van der Waals surface area contributed by atoms with Crippen molar-refractivity contribution >= 4 is 39.1 Å². The minimum absolute atomic E-state index is 0. The molecule has 0 bridgehead atoms. The van der Waals surface area contributed by atoms with Gasteiger partial charge in [-0.3, -0.25) is 0 Å². The fraction of sp³-hybridized carbons (Fsp3) is 0.107. The number of alkyl halides is 1. The molecule has 0 amide bonds. The summed E-state index contributed by atoms with van der Waals surface area (Å²) in [5.74, 6) is 0. The van der Waals surface area contributed by atoms with E-state index in [0.717, 1.165) is 11.5 Å². The minimum atomic E-state index is -1.81. The molecule has 0 aliphatic rings. The second kappa shape index (κ2) is 13.3. The molecule has 0 N–H and O–H groups in total. The number of halogens is 2. The van der Waals surface area contributed by atoms with Gasteiger partial charge in [0.1, 0.15) is 23.2 Å². The Kier molecular flexibility index (Phi) is 10.8. The molecule has 0 unspecified atom stereocenters. The van der Waals surface area contributed by atoms with E-state index in [4.69, 9.17) is 5.26 Å². The molecule has 0 spiro atoms. The van der Waals surface area contributed by atoms with Crippen LogP contribution in [0.25, 0.3) is 0 Å². The van der Waals surface area contributed by atoms with Crippen LogP contribution in [-0.2, 0) is 11.5 Å². The van der Waals surface area contributed by atoms with Crippen LogP contribution in [0.3, 0.4) is 0 Å². The molecule has 1 nitrogen and oxygen atoms in total. The van der Waals surface area contributed by atoms with Gasteiger partial charge in [0.05, 0.1) is 12.2 Å². The second-order valence-corrected chi connectivity index (χ2v) is 11.2. The molecule has 0 aromatic heterocycles. The Morgan fingerprint density at radius 2 is 0.938 bits per heavy atom. The zero-order chi connectivity index (χ0) is 21.9. The van der Waals surface area contributed by atoms with Crippen molar-refractivity contribution in [1.29, 1.82) is 5.26 Å². The molecule has 0 saturated heterocycles. The lowest BCUT2D eigenvalue weighted by Crippen LogP contribution is -3.00. The van der Waals surface area contributed by atoms with Gasteiger partial charge in [-0.25, -0.2) is 0 Å². The van der Waals surface area contributed by atoms with Crippen LogP contribution in [0.2, 0.25) is 0 Å². The summed E-state index contributed by atoms with van der Waals surface area (Å²) >= 11 is 3.56. The minimum Gasteiger partial charge on any atom is -1.00 e. The van der Waals surface area contributed by atoms with Crippen molar-refractivity contribution in [3.05, 3.63) is 126 Å². The van der Waals surface area contributed by atoms with E-state index in [9.17, 15) is 0 Å². The summed E-state index contributed by atoms with van der Waals surface area (Å²) in [4.78, 5) is 0. The maximum Gasteiger partial charge on any atom is 0.116 e. The van der Waals surface area contributed by atoms with Gasteiger partial charge in [0.25, 0.3) is 0 Å². The van der Waals surface area contributed by atoms with Gasteiger partial charge in [-0.15, -0.1) is 0 Å². The molecule has 0 radical (unpaired) electrons. The van der Waals surface area contributed by atoms with Crippen molar-refractivity contribution in [3.63, 3.8) is 0 Å². The number of benzene rings is 4. The van der Waals surface area contributed by atoms with Crippen molar-refractivity contribution in [2.75, 3.05) is 0 Å². The van der Waals surface area contributed by atoms with Gasteiger partial charge in [0, 0.05) is 12.3 Å². The molecule has 0 heterocycles. The van der Waals surface area contributed by atoms with Crippen LogP contribution in [0.15, 0.2) is 115 Å². The summed E-state index contributed by atoms with van der Waals surface area (Å²) in [6, 6.07) is 44.0. The summed E-state index contributed by atoms with van der Waals surface area (Å²) in [6.07, 6.45) is 1.02. The standard InChI is InChI=1S/C26H23BrP.C2H3N.BrH/c27-20-22-16-18-23(19-17-22)21-28(24-10-4-1-5-11-24,25-12-6-2-7-13-25)26-14-8-3-9-15-26;1-2-3;/h1-19H,20-21H2;1H3;1H/q+1;;/p-1. The number of nitriles is 1. The first kappa shape index (κ1) is 26.0. The third-order valence-electron chi connectivity index (χ3n) is 5.19. The Hall–Kier alpha value is -2.24. The Morgan fingerprint density at radius 1 is 0.625 bits per heavy atom. The largest absolute Gasteiger partial charge is 1.00 e. The van der Waals surface area contributed by atoms with Crippen LogP contribution in [0.5, 0.6) is 0 Å². The van der Waals surface area contributed by atoms with Crippen molar-refractivity contribution in [3.8, 4) is 6.07 Å². The summed E-state index contributed by atoms with van der Waals surface area (Å²) in [5, 5.41) is 12.5. The van der Waals surface area contributed by atoms with Gasteiger partial charge in [-0.1, -0.05) is 94.8 Å². The van der Waals surface area contributed by atoms with E-state index in [1.165, 1.54) is 34.0 Å². The molecule has 0 aliphatic heterocycles. The fourth-order valence-electron chi connectivity index (χ4n) is 3.78.